The summed E-state index contributed by atoms with van der Waals surface area (Å²) in [5.41, 5.74) is 0.571. The highest BCUT2D eigenvalue weighted by molar-refractivity contribution is 5.86. The van der Waals surface area contributed by atoms with Gasteiger partial charge >= 0.3 is 5.97 Å². The summed E-state index contributed by atoms with van der Waals surface area (Å²) in [6.45, 7) is 3.54. The first-order chi connectivity index (χ1) is 9.63. The minimum atomic E-state index is -1.07. The average Bonchev–Trinajstić information content (AvgIpc) is 3.00. The summed E-state index contributed by atoms with van der Waals surface area (Å²) >= 11 is 0. The van der Waals surface area contributed by atoms with E-state index in [1.807, 2.05) is 17.7 Å². The molecule has 2 aromatic rings. The molecule has 8 nitrogen and oxygen atoms in total. The van der Waals surface area contributed by atoms with Gasteiger partial charge in [-0.1, -0.05) is 5.21 Å². The fourth-order valence-corrected chi connectivity index (χ4v) is 1.97. The maximum absolute atomic E-state index is 11.1. The minimum Gasteiger partial charge on any atom is -0.476 e. The number of carboxylic acid groups (broad SMARTS) is 1. The van der Waals surface area contributed by atoms with E-state index in [4.69, 9.17) is 9.84 Å². The van der Waals surface area contributed by atoms with Crippen molar-refractivity contribution in [2.24, 2.45) is 0 Å². The highest BCUT2D eigenvalue weighted by Gasteiger charge is 2.18. The molecule has 0 amide bonds. The molecule has 2 rings (SSSR count). The van der Waals surface area contributed by atoms with E-state index in [1.54, 1.807) is 18.0 Å². The van der Waals surface area contributed by atoms with E-state index in [0.29, 0.717) is 31.8 Å². The molecule has 0 aliphatic rings. The Hall–Kier alpha value is -2.22. The normalized spacial score (nSPS) is 10.9. The van der Waals surface area contributed by atoms with Crippen LogP contribution in [0, 0.1) is 6.92 Å². The lowest BCUT2D eigenvalue weighted by Crippen LogP contribution is -2.14. The maximum Gasteiger partial charge on any atom is 0.358 e. The molecule has 0 spiro atoms. The Labute approximate surface area is 116 Å². The van der Waals surface area contributed by atoms with Crippen LogP contribution in [0.4, 0.5) is 0 Å². The SMILES string of the molecule is COCCc1c(C(=O)O)nnn1CCn1ccnc1C. The Morgan fingerprint density at radius 2 is 2.25 bits per heavy atom. The molecular formula is C12H17N5O3. The number of carbonyl (C=O) groups is 1. The highest BCUT2D eigenvalue weighted by Crippen LogP contribution is 2.08. The Balaban J connectivity index is 2.14. The number of ether oxygens (including phenoxy) is 1. The number of aromatic nitrogens is 5. The Morgan fingerprint density at radius 3 is 2.85 bits per heavy atom. The van der Waals surface area contributed by atoms with Crippen LogP contribution < -0.4 is 0 Å². The molecule has 0 unspecified atom stereocenters. The van der Waals surface area contributed by atoms with Gasteiger partial charge in [0.15, 0.2) is 5.69 Å². The number of carboxylic acids is 1. The second-order valence-electron chi connectivity index (χ2n) is 4.32. The third kappa shape index (κ3) is 3.02. The van der Waals surface area contributed by atoms with Crippen molar-refractivity contribution < 1.29 is 14.6 Å². The number of aromatic carboxylic acids is 1. The molecule has 0 saturated carbocycles. The standard InChI is InChI=1S/C12H17N5O3/c1-9-13-4-5-16(9)6-7-17-10(3-8-20-2)11(12(18)19)14-15-17/h4-5H,3,6-8H2,1-2H3,(H,18,19). The van der Waals surface area contributed by atoms with Crippen LogP contribution in [-0.2, 0) is 24.2 Å². The lowest BCUT2D eigenvalue weighted by molar-refractivity contribution is 0.0688. The number of imidazole rings is 1. The smallest absolute Gasteiger partial charge is 0.358 e. The molecule has 108 valence electrons. The molecule has 0 bridgehead atoms. The number of rotatable bonds is 7. The summed E-state index contributed by atoms with van der Waals surface area (Å²) in [5, 5.41) is 16.7. The minimum absolute atomic E-state index is 0.00981. The van der Waals surface area contributed by atoms with E-state index in [2.05, 4.69) is 15.3 Å². The molecule has 0 aliphatic carbocycles. The van der Waals surface area contributed by atoms with Crippen molar-refractivity contribution >= 4 is 5.97 Å². The van der Waals surface area contributed by atoms with Crippen LogP contribution in [0.15, 0.2) is 12.4 Å². The molecule has 0 fully saturated rings. The number of nitrogens with zero attached hydrogens (tertiary/aromatic N) is 5. The second-order valence-corrected chi connectivity index (χ2v) is 4.32. The van der Waals surface area contributed by atoms with E-state index in [0.717, 1.165) is 5.82 Å². The fraction of sp³-hybridized carbons (Fsp3) is 0.500. The first kappa shape index (κ1) is 14.2. The van der Waals surface area contributed by atoms with Crippen molar-refractivity contribution in [2.45, 2.75) is 26.4 Å². The topological polar surface area (TPSA) is 95.1 Å². The Kier molecular flexibility index (Phi) is 4.46. The van der Waals surface area contributed by atoms with Gasteiger partial charge in [-0.3, -0.25) is 0 Å². The highest BCUT2D eigenvalue weighted by atomic mass is 16.5. The maximum atomic E-state index is 11.1. The molecule has 0 aromatic carbocycles. The first-order valence-corrected chi connectivity index (χ1v) is 6.25. The van der Waals surface area contributed by atoms with Crippen molar-refractivity contribution in [3.8, 4) is 0 Å². The van der Waals surface area contributed by atoms with Crippen LogP contribution in [0.25, 0.3) is 0 Å². The number of hydrogen-bond acceptors (Lipinski definition) is 5. The molecule has 0 aliphatic heterocycles. The van der Waals surface area contributed by atoms with Gasteiger partial charge in [-0.2, -0.15) is 0 Å². The summed E-state index contributed by atoms with van der Waals surface area (Å²) < 4.78 is 8.58. The third-order valence-electron chi connectivity index (χ3n) is 3.06. The predicted molar refractivity (Wildman–Crippen MR) is 69.5 cm³/mol. The van der Waals surface area contributed by atoms with E-state index in [9.17, 15) is 4.79 Å². The summed E-state index contributed by atoms with van der Waals surface area (Å²) in [6.07, 6.45) is 4.07. The van der Waals surface area contributed by atoms with Crippen LogP contribution in [0.2, 0.25) is 0 Å². The Bertz CT molecular complexity index is 590. The first-order valence-electron chi connectivity index (χ1n) is 6.25. The average molecular weight is 279 g/mol. The van der Waals surface area contributed by atoms with Gasteiger partial charge in [-0.15, -0.1) is 5.10 Å². The summed E-state index contributed by atoms with van der Waals surface area (Å²) in [5.74, 6) is -0.164. The van der Waals surface area contributed by atoms with E-state index >= 15 is 0 Å². The Morgan fingerprint density at radius 1 is 1.45 bits per heavy atom. The van der Waals surface area contributed by atoms with Gasteiger partial charge < -0.3 is 14.4 Å². The molecule has 20 heavy (non-hydrogen) atoms. The van der Waals surface area contributed by atoms with Crippen molar-refractivity contribution in [2.75, 3.05) is 13.7 Å². The number of aryl methyl sites for hydroxylation is 3. The van der Waals surface area contributed by atoms with Gasteiger partial charge in [0.25, 0.3) is 0 Å². The molecule has 2 heterocycles. The van der Waals surface area contributed by atoms with Gasteiger partial charge in [-0.05, 0) is 6.92 Å². The van der Waals surface area contributed by atoms with Crippen molar-refractivity contribution in [3.63, 3.8) is 0 Å². The second kappa shape index (κ2) is 6.29. The van der Waals surface area contributed by atoms with E-state index in [1.165, 1.54) is 0 Å². The van der Waals surface area contributed by atoms with Crippen molar-refractivity contribution in [3.05, 3.63) is 29.6 Å². The van der Waals surface area contributed by atoms with Gasteiger partial charge in [-0.25, -0.2) is 14.5 Å². The summed E-state index contributed by atoms with van der Waals surface area (Å²) in [6, 6.07) is 0. The zero-order valence-corrected chi connectivity index (χ0v) is 11.5. The number of hydrogen-bond donors (Lipinski definition) is 1. The summed E-state index contributed by atoms with van der Waals surface area (Å²) in [7, 11) is 1.57. The summed E-state index contributed by atoms with van der Waals surface area (Å²) in [4.78, 5) is 15.3. The van der Waals surface area contributed by atoms with Crippen LogP contribution in [0.5, 0.6) is 0 Å². The van der Waals surface area contributed by atoms with E-state index < -0.39 is 5.97 Å². The van der Waals surface area contributed by atoms with E-state index in [-0.39, 0.29) is 5.69 Å². The van der Waals surface area contributed by atoms with Crippen LogP contribution >= 0.6 is 0 Å². The van der Waals surface area contributed by atoms with Crippen LogP contribution in [0.3, 0.4) is 0 Å². The molecular weight excluding hydrogens is 262 g/mol. The quantitative estimate of drug-likeness (QED) is 0.786. The fourth-order valence-electron chi connectivity index (χ4n) is 1.97. The van der Waals surface area contributed by atoms with Crippen molar-refractivity contribution in [1.29, 1.82) is 0 Å². The molecule has 0 saturated heterocycles. The van der Waals surface area contributed by atoms with Gasteiger partial charge in [0.2, 0.25) is 0 Å². The molecule has 2 aromatic heterocycles. The molecule has 0 atom stereocenters. The zero-order chi connectivity index (χ0) is 14.5. The van der Waals surface area contributed by atoms with Crippen LogP contribution in [0.1, 0.15) is 22.0 Å². The van der Waals surface area contributed by atoms with Gasteiger partial charge in [0, 0.05) is 32.5 Å². The zero-order valence-electron chi connectivity index (χ0n) is 11.5. The van der Waals surface area contributed by atoms with Crippen molar-refractivity contribution in [1.82, 2.24) is 24.5 Å². The largest absolute Gasteiger partial charge is 0.476 e. The third-order valence-corrected chi connectivity index (χ3v) is 3.06. The predicted octanol–water partition coefficient (Wildman–Crippen LogP) is 0.370. The number of methoxy groups -OCH3 is 1. The van der Waals surface area contributed by atoms with Crippen LogP contribution in [-0.4, -0.2) is 49.3 Å². The van der Waals surface area contributed by atoms with Gasteiger partial charge in [0.1, 0.15) is 5.82 Å². The lowest BCUT2D eigenvalue weighted by atomic mass is 10.2. The molecule has 1 N–H and O–H groups in total. The lowest BCUT2D eigenvalue weighted by Gasteiger charge is -2.08. The monoisotopic (exact) mass is 279 g/mol. The molecule has 8 heteroatoms. The molecule has 0 radical (unpaired) electrons. The van der Waals surface area contributed by atoms with Gasteiger partial charge in [0.05, 0.1) is 18.8 Å².